The molecule has 2 N–H and O–H groups in total. The number of fused-ring (bicyclic) bond motifs is 1. The van der Waals surface area contributed by atoms with Crippen molar-refractivity contribution < 1.29 is 4.74 Å². The van der Waals surface area contributed by atoms with E-state index >= 15 is 0 Å². The second-order valence-corrected chi connectivity index (χ2v) is 2.64. The van der Waals surface area contributed by atoms with Crippen LogP contribution in [0.1, 0.15) is 6.42 Å². The normalized spacial score (nSPS) is 26.7. The molecule has 1 saturated heterocycles. The summed E-state index contributed by atoms with van der Waals surface area (Å²) < 4.78 is 5.35. The van der Waals surface area contributed by atoms with Gasteiger partial charge in [-0.1, -0.05) is 0 Å². The topological polar surface area (TPSA) is 33.3 Å². The van der Waals surface area contributed by atoms with Crippen molar-refractivity contribution in [3.63, 3.8) is 0 Å². The Labute approximate surface area is 84.7 Å². The summed E-state index contributed by atoms with van der Waals surface area (Å²) in [6.07, 6.45) is 3.27. The van der Waals surface area contributed by atoms with Crippen LogP contribution in [0.3, 0.4) is 0 Å². The minimum absolute atomic E-state index is 0. The van der Waals surface area contributed by atoms with Crippen LogP contribution in [0, 0.1) is 0 Å². The number of ether oxygens (including phenoxy) is 1. The fourth-order valence-corrected chi connectivity index (χ4v) is 1.39. The molecule has 0 aromatic rings. The van der Waals surface area contributed by atoms with Crippen LogP contribution in [0.25, 0.3) is 0 Å². The lowest BCUT2D eigenvalue weighted by atomic mass is 10.2. The monoisotopic (exact) mass is 212 g/mol. The van der Waals surface area contributed by atoms with E-state index < -0.39 is 0 Å². The number of hydrogen-bond donors (Lipinski definition) is 2. The number of hydrogen-bond acceptors (Lipinski definition) is 3. The molecule has 1 atom stereocenters. The first kappa shape index (κ1) is 12.0. The van der Waals surface area contributed by atoms with Crippen LogP contribution in [-0.2, 0) is 4.74 Å². The van der Waals surface area contributed by atoms with E-state index in [0.717, 1.165) is 25.3 Å². The van der Waals surface area contributed by atoms with Crippen LogP contribution in [0.15, 0.2) is 11.8 Å². The zero-order chi connectivity index (χ0) is 6.81. The lowest BCUT2D eigenvalue weighted by molar-refractivity contribution is 0.252. The van der Waals surface area contributed by atoms with Gasteiger partial charge in [0.15, 0.2) is 0 Å². The SMILES string of the molecule is C1=C2OCNC2CCNC1.Cl.Cl. The van der Waals surface area contributed by atoms with Gasteiger partial charge >= 0.3 is 0 Å². The largest absolute Gasteiger partial charge is 0.481 e. The zero-order valence-electron chi connectivity index (χ0n) is 6.71. The van der Waals surface area contributed by atoms with Gasteiger partial charge < -0.3 is 10.1 Å². The Morgan fingerprint density at radius 3 is 3.08 bits per heavy atom. The van der Waals surface area contributed by atoms with E-state index in [1.807, 2.05) is 0 Å². The van der Waals surface area contributed by atoms with Crippen LogP contribution < -0.4 is 10.6 Å². The van der Waals surface area contributed by atoms with Gasteiger partial charge in [-0.15, -0.1) is 24.8 Å². The molecule has 0 bridgehead atoms. The molecule has 0 amide bonds. The minimum Gasteiger partial charge on any atom is -0.481 e. The second-order valence-electron chi connectivity index (χ2n) is 2.64. The lowest BCUT2D eigenvalue weighted by Crippen LogP contribution is -2.25. The van der Waals surface area contributed by atoms with Gasteiger partial charge in [-0.3, -0.25) is 5.32 Å². The highest BCUT2D eigenvalue weighted by Gasteiger charge is 2.21. The second kappa shape index (κ2) is 5.65. The van der Waals surface area contributed by atoms with E-state index in [2.05, 4.69) is 16.7 Å². The van der Waals surface area contributed by atoms with E-state index in [1.54, 1.807) is 0 Å². The highest BCUT2D eigenvalue weighted by Crippen LogP contribution is 2.14. The van der Waals surface area contributed by atoms with Crippen molar-refractivity contribution in [1.29, 1.82) is 0 Å². The van der Waals surface area contributed by atoms with Gasteiger partial charge in [-0.05, 0) is 19.0 Å². The van der Waals surface area contributed by atoms with Crippen molar-refractivity contribution in [2.24, 2.45) is 0 Å². The number of rotatable bonds is 0. The van der Waals surface area contributed by atoms with Crippen molar-refractivity contribution in [3.05, 3.63) is 11.8 Å². The Hall–Kier alpha value is 0.0400. The molecular weight excluding hydrogens is 199 g/mol. The van der Waals surface area contributed by atoms with E-state index in [9.17, 15) is 0 Å². The van der Waals surface area contributed by atoms with Crippen molar-refractivity contribution >= 4 is 24.8 Å². The van der Waals surface area contributed by atoms with Gasteiger partial charge in [0.25, 0.3) is 0 Å². The molecule has 2 heterocycles. The van der Waals surface area contributed by atoms with Gasteiger partial charge in [0.05, 0.1) is 6.04 Å². The van der Waals surface area contributed by atoms with E-state index in [4.69, 9.17) is 4.74 Å². The summed E-state index contributed by atoms with van der Waals surface area (Å²) in [7, 11) is 0. The first-order valence-electron chi connectivity index (χ1n) is 3.74. The van der Waals surface area contributed by atoms with Crippen LogP contribution in [0.5, 0.6) is 0 Å². The maximum absolute atomic E-state index is 5.35. The van der Waals surface area contributed by atoms with Gasteiger partial charge in [-0.2, -0.15) is 0 Å². The molecule has 0 aromatic heterocycles. The summed E-state index contributed by atoms with van der Waals surface area (Å²) >= 11 is 0. The number of nitrogens with one attached hydrogen (secondary N) is 2. The van der Waals surface area contributed by atoms with Crippen molar-refractivity contribution in [1.82, 2.24) is 10.6 Å². The lowest BCUT2D eigenvalue weighted by Gasteiger charge is -2.04. The molecular formula is C7H14Cl2N2O. The fraction of sp³-hybridized carbons (Fsp3) is 0.714. The smallest absolute Gasteiger partial charge is 0.139 e. The molecule has 12 heavy (non-hydrogen) atoms. The van der Waals surface area contributed by atoms with Crippen molar-refractivity contribution in [3.8, 4) is 0 Å². The summed E-state index contributed by atoms with van der Waals surface area (Å²) in [5, 5.41) is 6.55. The average Bonchev–Trinajstić information content (AvgIpc) is 2.28. The molecule has 1 fully saturated rings. The summed E-state index contributed by atoms with van der Waals surface area (Å²) in [6.45, 7) is 2.73. The van der Waals surface area contributed by atoms with E-state index in [-0.39, 0.29) is 24.8 Å². The standard InChI is InChI=1S/C7H12N2O.2ClH/c1-3-8-4-2-7-6(1)9-5-10-7;;/h2,6,8-9H,1,3-5H2;2*1H. The molecule has 2 rings (SSSR count). The Morgan fingerprint density at radius 1 is 1.42 bits per heavy atom. The summed E-state index contributed by atoms with van der Waals surface area (Å²) in [6, 6.07) is 0.481. The highest BCUT2D eigenvalue weighted by atomic mass is 35.5. The Bertz CT molecular complexity index is 163. The van der Waals surface area contributed by atoms with Gasteiger partial charge in [-0.25, -0.2) is 0 Å². The molecule has 0 radical (unpaired) electrons. The third kappa shape index (κ3) is 2.52. The predicted octanol–water partition coefficient (Wildman–Crippen LogP) is 0.653. The Kier molecular flexibility index (Phi) is 5.66. The third-order valence-electron chi connectivity index (χ3n) is 1.97. The molecule has 0 saturated carbocycles. The maximum Gasteiger partial charge on any atom is 0.139 e. The van der Waals surface area contributed by atoms with Crippen LogP contribution in [-0.4, -0.2) is 25.9 Å². The van der Waals surface area contributed by atoms with Crippen LogP contribution >= 0.6 is 24.8 Å². The molecule has 0 aliphatic carbocycles. The molecule has 72 valence electrons. The van der Waals surface area contributed by atoms with Crippen molar-refractivity contribution in [2.75, 3.05) is 19.8 Å². The average molecular weight is 213 g/mol. The summed E-state index contributed by atoms with van der Waals surface area (Å²) in [5.41, 5.74) is 0. The molecule has 0 spiro atoms. The Morgan fingerprint density at radius 2 is 2.25 bits per heavy atom. The Balaban J connectivity index is 0.000000605. The van der Waals surface area contributed by atoms with E-state index in [1.165, 1.54) is 0 Å². The molecule has 1 unspecified atom stereocenters. The molecule has 3 nitrogen and oxygen atoms in total. The molecule has 0 aromatic carbocycles. The molecule has 5 heteroatoms. The first-order valence-corrected chi connectivity index (χ1v) is 3.74. The van der Waals surface area contributed by atoms with Crippen LogP contribution in [0.4, 0.5) is 0 Å². The highest BCUT2D eigenvalue weighted by molar-refractivity contribution is 5.85. The molecule has 2 aliphatic rings. The van der Waals surface area contributed by atoms with Crippen molar-refractivity contribution in [2.45, 2.75) is 12.5 Å². The summed E-state index contributed by atoms with van der Waals surface area (Å²) in [5.74, 6) is 1.13. The number of halogens is 2. The zero-order valence-corrected chi connectivity index (χ0v) is 8.34. The van der Waals surface area contributed by atoms with Crippen LogP contribution in [0.2, 0.25) is 0 Å². The third-order valence-corrected chi connectivity index (χ3v) is 1.97. The quantitative estimate of drug-likeness (QED) is 0.620. The van der Waals surface area contributed by atoms with E-state index in [0.29, 0.717) is 12.8 Å². The first-order chi connectivity index (χ1) is 4.97. The maximum atomic E-state index is 5.35. The van der Waals surface area contributed by atoms with Gasteiger partial charge in [0.2, 0.25) is 0 Å². The fourth-order valence-electron chi connectivity index (χ4n) is 1.39. The summed E-state index contributed by atoms with van der Waals surface area (Å²) in [4.78, 5) is 0. The minimum atomic E-state index is 0. The van der Waals surface area contributed by atoms with Gasteiger partial charge in [0, 0.05) is 6.54 Å². The molecule has 2 aliphatic heterocycles. The van der Waals surface area contributed by atoms with Gasteiger partial charge in [0.1, 0.15) is 12.5 Å². The predicted molar refractivity (Wildman–Crippen MR) is 52.9 cm³/mol.